The minimum atomic E-state index is -0.460. The van der Waals surface area contributed by atoms with Gasteiger partial charge in [0, 0.05) is 54.2 Å². The second-order valence-corrected chi connectivity index (χ2v) is 10.2. The molecule has 5 rings (SSSR count). The largest absolute Gasteiger partial charge is 0.368 e. The van der Waals surface area contributed by atoms with E-state index in [-0.39, 0.29) is 11.5 Å². The van der Waals surface area contributed by atoms with Crippen LogP contribution in [-0.2, 0) is 0 Å². The van der Waals surface area contributed by atoms with Gasteiger partial charge in [-0.25, -0.2) is 4.98 Å². The Hall–Kier alpha value is -3.91. The number of benzene rings is 3. The molecule has 3 aromatic carbocycles. The molecule has 0 bridgehead atoms. The summed E-state index contributed by atoms with van der Waals surface area (Å²) < 4.78 is 0. The number of amides is 2. The van der Waals surface area contributed by atoms with Crippen molar-refractivity contribution >= 4 is 52.2 Å². The van der Waals surface area contributed by atoms with E-state index >= 15 is 0 Å². The molecule has 1 saturated heterocycles. The summed E-state index contributed by atoms with van der Waals surface area (Å²) in [6.45, 7) is 3.99. The molecule has 1 fully saturated rings. The first-order valence-electron chi connectivity index (χ1n) is 12.5. The summed E-state index contributed by atoms with van der Waals surface area (Å²) in [5, 5.41) is 6.37. The van der Waals surface area contributed by atoms with Crippen LogP contribution in [0.5, 0.6) is 0 Å². The second kappa shape index (κ2) is 11.9. The Morgan fingerprint density at radius 1 is 0.795 bits per heavy atom. The first-order chi connectivity index (χ1) is 18.9. The SMILES string of the molecule is CN1CCN(c2ccccc2-c2ccc(C(=O)Nc3ccc(Cl)cc3C(=O)Nc3ccc(Cl)cn3)cc2)CC1. The van der Waals surface area contributed by atoms with Gasteiger partial charge in [-0.05, 0) is 61.1 Å². The Balaban J connectivity index is 1.33. The van der Waals surface area contributed by atoms with Gasteiger partial charge in [-0.2, -0.15) is 0 Å². The minimum absolute atomic E-state index is 0.213. The highest BCUT2D eigenvalue weighted by molar-refractivity contribution is 6.31. The topological polar surface area (TPSA) is 77.6 Å². The van der Waals surface area contributed by atoms with E-state index in [1.54, 1.807) is 36.4 Å². The highest BCUT2D eigenvalue weighted by Gasteiger charge is 2.19. The van der Waals surface area contributed by atoms with Gasteiger partial charge >= 0.3 is 0 Å². The fraction of sp³-hybridized carbons (Fsp3) is 0.167. The highest BCUT2D eigenvalue weighted by Crippen LogP contribution is 2.32. The number of para-hydroxylation sites is 1. The molecule has 4 aromatic rings. The lowest BCUT2D eigenvalue weighted by molar-refractivity contribution is 0.102. The zero-order chi connectivity index (χ0) is 27.4. The fourth-order valence-electron chi connectivity index (χ4n) is 4.48. The molecule has 0 radical (unpaired) electrons. The van der Waals surface area contributed by atoms with Crippen molar-refractivity contribution in [3.05, 3.63) is 106 Å². The summed E-state index contributed by atoms with van der Waals surface area (Å²) in [7, 11) is 2.14. The number of nitrogens with zero attached hydrogens (tertiary/aromatic N) is 3. The lowest BCUT2D eigenvalue weighted by Gasteiger charge is -2.35. The first-order valence-corrected chi connectivity index (χ1v) is 13.3. The van der Waals surface area contributed by atoms with Crippen LogP contribution in [0.3, 0.4) is 0 Å². The number of rotatable bonds is 6. The van der Waals surface area contributed by atoms with E-state index in [4.69, 9.17) is 23.2 Å². The van der Waals surface area contributed by atoms with Crippen LogP contribution < -0.4 is 15.5 Å². The molecule has 7 nitrogen and oxygen atoms in total. The Morgan fingerprint density at radius 2 is 1.51 bits per heavy atom. The highest BCUT2D eigenvalue weighted by atomic mass is 35.5. The molecular formula is C30H27Cl2N5O2. The fourth-order valence-corrected chi connectivity index (χ4v) is 4.77. The number of anilines is 3. The van der Waals surface area contributed by atoms with Crippen molar-refractivity contribution in [3.63, 3.8) is 0 Å². The van der Waals surface area contributed by atoms with Gasteiger partial charge in [-0.15, -0.1) is 0 Å². The Kier molecular flexibility index (Phi) is 8.12. The number of piperazine rings is 1. The minimum Gasteiger partial charge on any atom is -0.368 e. The maximum Gasteiger partial charge on any atom is 0.258 e. The van der Waals surface area contributed by atoms with Crippen molar-refractivity contribution in [1.29, 1.82) is 0 Å². The maximum absolute atomic E-state index is 13.1. The van der Waals surface area contributed by atoms with Crippen molar-refractivity contribution in [1.82, 2.24) is 9.88 Å². The summed E-state index contributed by atoms with van der Waals surface area (Å²) in [5.74, 6) is -0.470. The van der Waals surface area contributed by atoms with Crippen molar-refractivity contribution in [2.24, 2.45) is 0 Å². The van der Waals surface area contributed by atoms with Gasteiger partial charge in [0.25, 0.3) is 11.8 Å². The van der Waals surface area contributed by atoms with Crippen molar-refractivity contribution in [2.45, 2.75) is 0 Å². The van der Waals surface area contributed by atoms with Crippen LogP contribution in [-0.4, -0.2) is 54.9 Å². The van der Waals surface area contributed by atoms with E-state index in [9.17, 15) is 9.59 Å². The third kappa shape index (κ3) is 6.40. The predicted molar refractivity (Wildman–Crippen MR) is 158 cm³/mol. The molecule has 9 heteroatoms. The molecule has 2 amide bonds. The molecule has 2 heterocycles. The number of halogens is 2. The Bertz CT molecular complexity index is 1480. The molecule has 0 unspecified atom stereocenters. The van der Waals surface area contributed by atoms with Gasteiger partial charge in [0.1, 0.15) is 5.82 Å². The van der Waals surface area contributed by atoms with Gasteiger partial charge in [-0.1, -0.05) is 53.5 Å². The Morgan fingerprint density at radius 3 is 2.23 bits per heavy atom. The average Bonchev–Trinajstić information content (AvgIpc) is 2.95. The summed E-state index contributed by atoms with van der Waals surface area (Å²) in [6.07, 6.45) is 1.44. The zero-order valence-electron chi connectivity index (χ0n) is 21.3. The summed E-state index contributed by atoms with van der Waals surface area (Å²) in [5.41, 5.74) is 4.36. The lowest BCUT2D eigenvalue weighted by atomic mass is 10.0. The van der Waals surface area contributed by atoms with E-state index < -0.39 is 5.91 Å². The van der Waals surface area contributed by atoms with E-state index in [2.05, 4.69) is 50.7 Å². The average molecular weight is 560 g/mol. The van der Waals surface area contributed by atoms with Gasteiger partial charge in [0.15, 0.2) is 0 Å². The van der Waals surface area contributed by atoms with Crippen molar-refractivity contribution < 1.29 is 9.59 Å². The van der Waals surface area contributed by atoms with Crippen LogP contribution in [0.1, 0.15) is 20.7 Å². The standard InChI is InChI=1S/C30H27Cl2N5O2/c1-36-14-16-37(17-15-36)27-5-3-2-4-24(27)20-6-8-21(9-7-20)29(38)34-26-12-10-22(31)18-25(26)30(39)35-28-13-11-23(32)19-33-28/h2-13,18-19H,14-17H2,1H3,(H,34,38)(H,33,35,39). The number of hydrogen-bond acceptors (Lipinski definition) is 5. The third-order valence-corrected chi connectivity index (χ3v) is 7.11. The van der Waals surface area contributed by atoms with Gasteiger partial charge in [-0.3, -0.25) is 9.59 Å². The quantitative estimate of drug-likeness (QED) is 0.289. The first kappa shape index (κ1) is 26.7. The Labute approximate surface area is 237 Å². The third-order valence-electron chi connectivity index (χ3n) is 6.65. The van der Waals surface area contributed by atoms with E-state index in [0.29, 0.717) is 27.1 Å². The van der Waals surface area contributed by atoms with Gasteiger partial charge in [0.2, 0.25) is 0 Å². The molecule has 0 atom stereocenters. The predicted octanol–water partition coefficient (Wildman–Crippen LogP) is 6.31. The van der Waals surface area contributed by atoms with Crippen molar-refractivity contribution in [3.8, 4) is 11.1 Å². The molecule has 1 aliphatic heterocycles. The normalized spacial score (nSPS) is 13.7. The van der Waals surface area contributed by atoms with Crippen LogP contribution in [0.25, 0.3) is 11.1 Å². The molecule has 1 aromatic heterocycles. The number of likely N-dealkylation sites (N-methyl/N-ethyl adjacent to an activating group) is 1. The maximum atomic E-state index is 13.1. The van der Waals surface area contributed by atoms with E-state index in [1.165, 1.54) is 18.0 Å². The number of carbonyl (C=O) groups excluding carboxylic acids is 2. The lowest BCUT2D eigenvalue weighted by Crippen LogP contribution is -2.44. The number of nitrogens with one attached hydrogen (secondary N) is 2. The number of pyridine rings is 1. The molecule has 1 aliphatic rings. The van der Waals surface area contributed by atoms with Crippen LogP contribution in [0.15, 0.2) is 85.1 Å². The van der Waals surface area contributed by atoms with Crippen LogP contribution in [0, 0.1) is 0 Å². The van der Waals surface area contributed by atoms with E-state index in [1.807, 2.05) is 18.2 Å². The molecule has 0 spiro atoms. The molecular weight excluding hydrogens is 533 g/mol. The molecule has 39 heavy (non-hydrogen) atoms. The molecule has 0 aliphatic carbocycles. The summed E-state index contributed by atoms with van der Waals surface area (Å²) in [4.78, 5) is 34.9. The van der Waals surface area contributed by atoms with Crippen LogP contribution in [0.2, 0.25) is 10.0 Å². The number of aromatic nitrogens is 1. The smallest absolute Gasteiger partial charge is 0.258 e. The summed E-state index contributed by atoms with van der Waals surface area (Å²) >= 11 is 12.0. The summed E-state index contributed by atoms with van der Waals surface area (Å²) in [6, 6.07) is 23.8. The van der Waals surface area contributed by atoms with E-state index in [0.717, 1.165) is 37.3 Å². The molecule has 198 valence electrons. The van der Waals surface area contributed by atoms with Gasteiger partial charge in [0.05, 0.1) is 16.3 Å². The number of carbonyl (C=O) groups is 2. The molecule has 2 N–H and O–H groups in total. The monoisotopic (exact) mass is 559 g/mol. The van der Waals surface area contributed by atoms with Gasteiger partial charge < -0.3 is 20.4 Å². The zero-order valence-corrected chi connectivity index (χ0v) is 22.8. The second-order valence-electron chi connectivity index (χ2n) is 9.34. The molecule has 0 saturated carbocycles. The van der Waals surface area contributed by atoms with Crippen molar-refractivity contribution in [2.75, 3.05) is 48.8 Å². The number of hydrogen-bond donors (Lipinski definition) is 2. The van der Waals surface area contributed by atoms with Crippen LogP contribution >= 0.6 is 23.2 Å². The van der Waals surface area contributed by atoms with Crippen LogP contribution in [0.4, 0.5) is 17.2 Å².